The zero-order valence-corrected chi connectivity index (χ0v) is 12.4. The third kappa shape index (κ3) is 2.21. The first-order valence-electron chi connectivity index (χ1n) is 7.19. The quantitative estimate of drug-likeness (QED) is 0.812. The van der Waals surface area contributed by atoms with Crippen molar-refractivity contribution >= 4 is 0 Å². The van der Waals surface area contributed by atoms with E-state index in [2.05, 4.69) is 20.8 Å². The van der Waals surface area contributed by atoms with Crippen LogP contribution in [0.3, 0.4) is 0 Å². The van der Waals surface area contributed by atoms with Crippen molar-refractivity contribution in [3.05, 3.63) is 0 Å². The molecule has 2 bridgehead atoms. The number of rotatable bonds is 4. The van der Waals surface area contributed by atoms with E-state index in [4.69, 9.17) is 4.74 Å². The molecular weight excluding hydrogens is 228 g/mol. The van der Waals surface area contributed by atoms with Crippen molar-refractivity contribution in [1.29, 1.82) is 0 Å². The van der Waals surface area contributed by atoms with Crippen LogP contribution in [0.5, 0.6) is 0 Å². The maximum absolute atomic E-state index is 9.96. The number of ether oxygens (including phenoxy) is 1. The van der Waals surface area contributed by atoms with E-state index in [0.717, 1.165) is 12.8 Å². The van der Waals surface area contributed by atoms with E-state index in [-0.39, 0.29) is 11.2 Å². The number of hydrogen-bond donors (Lipinski definition) is 2. The summed E-state index contributed by atoms with van der Waals surface area (Å²) in [5, 5.41) is 19.7. The Kier molecular flexibility index (Phi) is 3.33. The van der Waals surface area contributed by atoms with E-state index in [1.54, 1.807) is 13.8 Å². The predicted molar refractivity (Wildman–Crippen MR) is 71.3 cm³/mol. The van der Waals surface area contributed by atoms with Crippen LogP contribution in [0.25, 0.3) is 0 Å². The van der Waals surface area contributed by atoms with Crippen LogP contribution in [-0.4, -0.2) is 33.1 Å². The largest absolute Gasteiger partial charge is 0.390 e. The Morgan fingerprint density at radius 3 is 2.39 bits per heavy atom. The molecule has 3 nitrogen and oxygen atoms in total. The highest BCUT2D eigenvalue weighted by Gasteiger charge is 2.60. The standard InChI is InChI=1S/C15H28O3/c1-10-11-6-8-14(10,4)18-15(11,5)9-7-12(16)13(2,3)17/h10-12,16-17H,6-9H2,1-5H3. The SMILES string of the molecule is CC1C2CCC1(C)OC2(C)CCC(O)C(C)(C)O. The molecule has 18 heavy (non-hydrogen) atoms. The predicted octanol–water partition coefficient (Wildman–Crippen LogP) is 2.49. The number of fused-ring (bicyclic) bond motifs is 2. The first-order valence-corrected chi connectivity index (χ1v) is 7.19. The van der Waals surface area contributed by atoms with Gasteiger partial charge < -0.3 is 14.9 Å². The van der Waals surface area contributed by atoms with E-state index < -0.39 is 11.7 Å². The minimum absolute atomic E-state index is 0.0269. The van der Waals surface area contributed by atoms with Crippen molar-refractivity contribution in [2.45, 2.75) is 83.2 Å². The molecule has 0 aromatic heterocycles. The molecule has 1 aliphatic heterocycles. The summed E-state index contributed by atoms with van der Waals surface area (Å²) in [4.78, 5) is 0. The summed E-state index contributed by atoms with van der Waals surface area (Å²) in [6.07, 6.45) is 3.12. The van der Waals surface area contributed by atoms with Crippen molar-refractivity contribution in [1.82, 2.24) is 0 Å². The summed E-state index contributed by atoms with van der Waals surface area (Å²) in [6.45, 7) is 10.00. The normalized spacial score (nSPS) is 45.5. The fourth-order valence-corrected chi connectivity index (χ4v) is 3.94. The van der Waals surface area contributed by atoms with E-state index in [0.29, 0.717) is 18.3 Å². The van der Waals surface area contributed by atoms with Gasteiger partial charge in [0.1, 0.15) is 0 Å². The van der Waals surface area contributed by atoms with Crippen LogP contribution in [0.4, 0.5) is 0 Å². The molecule has 1 saturated heterocycles. The lowest BCUT2D eigenvalue weighted by molar-refractivity contribution is -0.137. The molecule has 2 fully saturated rings. The summed E-state index contributed by atoms with van der Waals surface area (Å²) >= 11 is 0. The molecular formula is C15H28O3. The molecule has 0 spiro atoms. The molecule has 2 aliphatic rings. The summed E-state index contributed by atoms with van der Waals surface area (Å²) in [5.74, 6) is 1.19. The third-order valence-corrected chi connectivity index (χ3v) is 5.50. The first kappa shape index (κ1) is 14.3. The second-order valence-electron chi connectivity index (χ2n) is 7.37. The Morgan fingerprint density at radius 2 is 2.00 bits per heavy atom. The van der Waals surface area contributed by atoms with Gasteiger partial charge in [-0.3, -0.25) is 0 Å². The monoisotopic (exact) mass is 256 g/mol. The van der Waals surface area contributed by atoms with Gasteiger partial charge in [0.15, 0.2) is 0 Å². The van der Waals surface area contributed by atoms with Crippen molar-refractivity contribution < 1.29 is 14.9 Å². The van der Waals surface area contributed by atoms with Gasteiger partial charge in [-0.1, -0.05) is 6.92 Å². The van der Waals surface area contributed by atoms with Crippen molar-refractivity contribution in [2.24, 2.45) is 11.8 Å². The summed E-state index contributed by atoms with van der Waals surface area (Å²) < 4.78 is 6.32. The molecule has 3 heteroatoms. The Labute approximate surface area is 111 Å². The summed E-state index contributed by atoms with van der Waals surface area (Å²) in [5.41, 5.74) is -1.12. The first-order chi connectivity index (χ1) is 8.08. The molecule has 5 atom stereocenters. The van der Waals surface area contributed by atoms with Crippen molar-refractivity contribution in [3.8, 4) is 0 Å². The maximum Gasteiger partial charge on any atom is 0.0849 e. The Balaban J connectivity index is 1.99. The van der Waals surface area contributed by atoms with Crippen LogP contribution in [0.1, 0.15) is 60.3 Å². The fourth-order valence-electron chi connectivity index (χ4n) is 3.94. The number of aliphatic hydroxyl groups is 2. The van der Waals surface area contributed by atoms with Crippen LogP contribution in [0.2, 0.25) is 0 Å². The molecule has 106 valence electrons. The van der Waals surface area contributed by atoms with Crippen molar-refractivity contribution in [2.75, 3.05) is 0 Å². The van der Waals surface area contributed by atoms with Gasteiger partial charge in [0.25, 0.3) is 0 Å². The Bertz CT molecular complexity index is 322. The van der Waals surface area contributed by atoms with Gasteiger partial charge in [0, 0.05) is 0 Å². The van der Waals surface area contributed by atoms with Crippen LogP contribution in [0, 0.1) is 11.8 Å². The van der Waals surface area contributed by atoms with Gasteiger partial charge in [-0.2, -0.15) is 0 Å². The summed E-state index contributed by atoms with van der Waals surface area (Å²) in [6, 6.07) is 0. The van der Waals surface area contributed by atoms with E-state index in [1.807, 2.05) is 0 Å². The van der Waals surface area contributed by atoms with Gasteiger partial charge in [-0.05, 0) is 65.2 Å². The zero-order valence-electron chi connectivity index (χ0n) is 12.4. The van der Waals surface area contributed by atoms with Crippen LogP contribution in [0.15, 0.2) is 0 Å². The Morgan fingerprint density at radius 1 is 1.39 bits per heavy atom. The molecule has 5 unspecified atom stereocenters. The molecule has 0 radical (unpaired) electrons. The smallest absolute Gasteiger partial charge is 0.0849 e. The minimum atomic E-state index is -1.02. The van der Waals surface area contributed by atoms with Gasteiger partial charge in [0.05, 0.1) is 22.9 Å². The van der Waals surface area contributed by atoms with E-state index in [9.17, 15) is 10.2 Å². The third-order valence-electron chi connectivity index (χ3n) is 5.50. The lowest BCUT2D eigenvalue weighted by atomic mass is 9.79. The molecule has 0 aromatic rings. The second kappa shape index (κ2) is 4.19. The highest BCUT2D eigenvalue weighted by Crippen LogP contribution is 2.58. The molecule has 1 aliphatic carbocycles. The molecule has 2 N–H and O–H groups in total. The Hall–Kier alpha value is -0.120. The fraction of sp³-hybridized carbons (Fsp3) is 1.00. The molecule has 1 saturated carbocycles. The van der Waals surface area contributed by atoms with Gasteiger partial charge in [0.2, 0.25) is 0 Å². The summed E-state index contributed by atoms with van der Waals surface area (Å²) in [7, 11) is 0. The molecule has 1 heterocycles. The zero-order chi connectivity index (χ0) is 13.8. The lowest BCUT2D eigenvalue weighted by Crippen LogP contribution is -2.42. The topological polar surface area (TPSA) is 49.7 Å². The lowest BCUT2D eigenvalue weighted by Gasteiger charge is -2.38. The molecule has 0 aromatic carbocycles. The average Bonchev–Trinajstić information content (AvgIpc) is 2.60. The van der Waals surface area contributed by atoms with Gasteiger partial charge in [-0.15, -0.1) is 0 Å². The maximum atomic E-state index is 9.96. The number of hydrogen-bond acceptors (Lipinski definition) is 3. The van der Waals surface area contributed by atoms with Crippen LogP contribution in [-0.2, 0) is 4.74 Å². The van der Waals surface area contributed by atoms with E-state index in [1.165, 1.54) is 6.42 Å². The van der Waals surface area contributed by atoms with Gasteiger partial charge >= 0.3 is 0 Å². The second-order valence-corrected chi connectivity index (χ2v) is 7.37. The van der Waals surface area contributed by atoms with Crippen LogP contribution < -0.4 is 0 Å². The van der Waals surface area contributed by atoms with Gasteiger partial charge in [-0.25, -0.2) is 0 Å². The molecule has 0 amide bonds. The highest BCUT2D eigenvalue weighted by molar-refractivity contribution is 5.08. The average molecular weight is 256 g/mol. The van der Waals surface area contributed by atoms with Crippen LogP contribution >= 0.6 is 0 Å². The molecule has 2 rings (SSSR count). The highest BCUT2D eigenvalue weighted by atomic mass is 16.5. The van der Waals surface area contributed by atoms with Crippen molar-refractivity contribution in [3.63, 3.8) is 0 Å². The minimum Gasteiger partial charge on any atom is -0.390 e. The van der Waals surface area contributed by atoms with E-state index >= 15 is 0 Å². The number of aliphatic hydroxyl groups excluding tert-OH is 1.